The van der Waals surface area contributed by atoms with Crippen LogP contribution >= 0.6 is 0 Å². The summed E-state index contributed by atoms with van der Waals surface area (Å²) in [5.74, 6) is -2.13. The van der Waals surface area contributed by atoms with E-state index in [-0.39, 0.29) is 30.5 Å². The molecule has 6 heteroatoms. The van der Waals surface area contributed by atoms with Gasteiger partial charge in [0.2, 0.25) is 0 Å². The molecule has 0 bridgehead atoms. The minimum absolute atomic E-state index is 0.178. The molecule has 0 radical (unpaired) electrons. The molecule has 0 fully saturated rings. The van der Waals surface area contributed by atoms with E-state index in [1.807, 2.05) is 0 Å². The highest BCUT2D eigenvalue weighted by atomic mass is 19.1. The van der Waals surface area contributed by atoms with Crippen molar-refractivity contribution >= 4 is 11.9 Å². The Kier molecular flexibility index (Phi) is 5.49. The Labute approximate surface area is 117 Å². The summed E-state index contributed by atoms with van der Waals surface area (Å²) in [6, 6.07) is 2.80. The second-order valence-corrected chi connectivity index (χ2v) is 4.49. The topological polar surface area (TPSA) is 66.8 Å². The number of phenolic OH excluding ortho intramolecular Hbond substituents is 1. The average Bonchev–Trinajstić information content (AvgIpc) is 2.38. The molecule has 5 nitrogen and oxygen atoms in total. The molecule has 1 aromatic rings. The number of benzene rings is 1. The van der Waals surface area contributed by atoms with Crippen molar-refractivity contribution in [2.24, 2.45) is 0 Å². The third kappa shape index (κ3) is 3.94. The highest BCUT2D eigenvalue weighted by molar-refractivity contribution is 5.98. The molecule has 0 aromatic heterocycles. The molecule has 0 saturated heterocycles. The molecule has 1 aromatic carbocycles. The summed E-state index contributed by atoms with van der Waals surface area (Å²) in [6.45, 7) is 5.06. The molecule has 0 saturated carbocycles. The molecule has 0 spiro atoms. The van der Waals surface area contributed by atoms with E-state index in [4.69, 9.17) is 4.74 Å². The number of esters is 1. The summed E-state index contributed by atoms with van der Waals surface area (Å²) in [4.78, 5) is 25.0. The predicted octanol–water partition coefficient (Wildman–Crippen LogP) is 1.94. The van der Waals surface area contributed by atoms with Crippen LogP contribution in [0.1, 0.15) is 31.1 Å². The number of carbonyl (C=O) groups is 2. The Morgan fingerprint density at radius 2 is 2.05 bits per heavy atom. The SMILES string of the molecule is CCOC(=O)CN(C(=O)c1cc(F)ccc1O)C(C)C. The molecular formula is C14H18FNO4. The fourth-order valence-electron chi connectivity index (χ4n) is 1.67. The number of nitrogens with zero attached hydrogens (tertiary/aromatic N) is 1. The number of rotatable bonds is 5. The maximum atomic E-state index is 13.2. The first-order valence-corrected chi connectivity index (χ1v) is 6.32. The van der Waals surface area contributed by atoms with Gasteiger partial charge in [0.15, 0.2) is 0 Å². The standard InChI is InChI=1S/C14H18FNO4/c1-4-20-13(18)8-16(9(2)3)14(19)11-7-10(15)5-6-12(11)17/h5-7,9,17H,4,8H2,1-3H3. The third-order valence-electron chi connectivity index (χ3n) is 2.68. The Hall–Kier alpha value is -2.11. The average molecular weight is 283 g/mol. The minimum Gasteiger partial charge on any atom is -0.507 e. The number of halogens is 1. The fourth-order valence-corrected chi connectivity index (χ4v) is 1.67. The van der Waals surface area contributed by atoms with E-state index in [0.29, 0.717) is 0 Å². The van der Waals surface area contributed by atoms with Gasteiger partial charge in [-0.1, -0.05) is 0 Å². The molecule has 1 rings (SSSR count). The van der Waals surface area contributed by atoms with Crippen molar-refractivity contribution in [3.05, 3.63) is 29.6 Å². The third-order valence-corrected chi connectivity index (χ3v) is 2.68. The monoisotopic (exact) mass is 283 g/mol. The second kappa shape index (κ2) is 6.88. The number of carbonyl (C=O) groups excluding carboxylic acids is 2. The van der Waals surface area contributed by atoms with Crippen molar-refractivity contribution in [3.8, 4) is 5.75 Å². The van der Waals surface area contributed by atoms with Crippen LogP contribution in [0.2, 0.25) is 0 Å². The molecule has 0 aliphatic carbocycles. The molecule has 0 unspecified atom stereocenters. The van der Waals surface area contributed by atoms with Crippen molar-refractivity contribution in [2.45, 2.75) is 26.8 Å². The zero-order chi connectivity index (χ0) is 15.3. The normalized spacial score (nSPS) is 10.4. The summed E-state index contributed by atoms with van der Waals surface area (Å²) < 4.78 is 18.0. The zero-order valence-corrected chi connectivity index (χ0v) is 11.7. The minimum atomic E-state index is -0.633. The van der Waals surface area contributed by atoms with Crippen LogP contribution in [0.3, 0.4) is 0 Å². The quantitative estimate of drug-likeness (QED) is 0.839. The van der Waals surface area contributed by atoms with Gasteiger partial charge in [-0.2, -0.15) is 0 Å². The van der Waals surface area contributed by atoms with Gasteiger partial charge >= 0.3 is 5.97 Å². The summed E-state index contributed by atoms with van der Waals surface area (Å²) in [6.07, 6.45) is 0. The van der Waals surface area contributed by atoms with Gasteiger partial charge in [0.05, 0.1) is 12.2 Å². The zero-order valence-electron chi connectivity index (χ0n) is 11.7. The van der Waals surface area contributed by atoms with Crippen molar-refractivity contribution < 1.29 is 23.8 Å². The van der Waals surface area contributed by atoms with E-state index in [2.05, 4.69) is 0 Å². The summed E-state index contributed by atoms with van der Waals surface area (Å²) in [7, 11) is 0. The van der Waals surface area contributed by atoms with Gasteiger partial charge in [-0.25, -0.2) is 4.39 Å². The van der Waals surface area contributed by atoms with Crippen molar-refractivity contribution in [3.63, 3.8) is 0 Å². The van der Waals surface area contributed by atoms with Crippen LogP contribution in [-0.2, 0) is 9.53 Å². The van der Waals surface area contributed by atoms with E-state index in [1.165, 1.54) is 4.90 Å². The highest BCUT2D eigenvalue weighted by Gasteiger charge is 2.24. The predicted molar refractivity (Wildman–Crippen MR) is 70.9 cm³/mol. The molecular weight excluding hydrogens is 265 g/mol. The Bertz CT molecular complexity index is 502. The summed E-state index contributed by atoms with van der Waals surface area (Å²) >= 11 is 0. The number of hydrogen-bond acceptors (Lipinski definition) is 4. The fraction of sp³-hybridized carbons (Fsp3) is 0.429. The van der Waals surface area contributed by atoms with Crippen LogP contribution in [0.15, 0.2) is 18.2 Å². The number of ether oxygens (including phenoxy) is 1. The molecule has 0 aliphatic heterocycles. The first-order valence-electron chi connectivity index (χ1n) is 6.32. The van der Waals surface area contributed by atoms with E-state index < -0.39 is 17.7 Å². The van der Waals surface area contributed by atoms with Crippen LogP contribution in [0, 0.1) is 5.82 Å². The Balaban J connectivity index is 2.99. The van der Waals surface area contributed by atoms with E-state index in [1.54, 1.807) is 20.8 Å². The van der Waals surface area contributed by atoms with Gasteiger partial charge in [-0.3, -0.25) is 9.59 Å². The maximum Gasteiger partial charge on any atom is 0.325 e. The van der Waals surface area contributed by atoms with Crippen molar-refractivity contribution in [1.82, 2.24) is 4.90 Å². The molecule has 0 heterocycles. The smallest absolute Gasteiger partial charge is 0.325 e. The lowest BCUT2D eigenvalue weighted by Crippen LogP contribution is -2.41. The van der Waals surface area contributed by atoms with Gasteiger partial charge in [-0.15, -0.1) is 0 Å². The highest BCUT2D eigenvalue weighted by Crippen LogP contribution is 2.20. The maximum absolute atomic E-state index is 13.2. The van der Waals surface area contributed by atoms with Crippen LogP contribution in [0.5, 0.6) is 5.75 Å². The molecule has 110 valence electrons. The lowest BCUT2D eigenvalue weighted by atomic mass is 10.1. The van der Waals surface area contributed by atoms with Crippen LogP contribution in [0.4, 0.5) is 4.39 Å². The van der Waals surface area contributed by atoms with E-state index in [0.717, 1.165) is 18.2 Å². The number of phenols is 1. The van der Waals surface area contributed by atoms with Crippen LogP contribution in [-0.4, -0.2) is 41.1 Å². The van der Waals surface area contributed by atoms with Gasteiger partial charge < -0.3 is 14.7 Å². The van der Waals surface area contributed by atoms with E-state index in [9.17, 15) is 19.1 Å². The number of hydrogen-bond donors (Lipinski definition) is 1. The molecule has 1 N–H and O–H groups in total. The van der Waals surface area contributed by atoms with Gasteiger partial charge in [0.1, 0.15) is 18.1 Å². The first-order chi connectivity index (χ1) is 9.36. The number of aromatic hydroxyl groups is 1. The largest absolute Gasteiger partial charge is 0.507 e. The van der Waals surface area contributed by atoms with Gasteiger partial charge in [0, 0.05) is 6.04 Å². The van der Waals surface area contributed by atoms with Crippen LogP contribution in [0.25, 0.3) is 0 Å². The molecule has 0 atom stereocenters. The summed E-state index contributed by atoms with van der Waals surface area (Å²) in [5.41, 5.74) is -0.178. The van der Waals surface area contributed by atoms with Crippen molar-refractivity contribution in [1.29, 1.82) is 0 Å². The Morgan fingerprint density at radius 1 is 1.40 bits per heavy atom. The first kappa shape index (κ1) is 15.9. The van der Waals surface area contributed by atoms with E-state index >= 15 is 0 Å². The van der Waals surface area contributed by atoms with Crippen LogP contribution < -0.4 is 0 Å². The Morgan fingerprint density at radius 3 is 2.60 bits per heavy atom. The summed E-state index contributed by atoms with van der Waals surface area (Å²) in [5, 5.41) is 9.64. The molecule has 20 heavy (non-hydrogen) atoms. The lowest BCUT2D eigenvalue weighted by molar-refractivity contribution is -0.144. The van der Waals surface area contributed by atoms with Gasteiger partial charge in [0.25, 0.3) is 5.91 Å². The lowest BCUT2D eigenvalue weighted by Gasteiger charge is -2.26. The van der Waals surface area contributed by atoms with Crippen molar-refractivity contribution in [2.75, 3.05) is 13.2 Å². The molecule has 0 aliphatic rings. The van der Waals surface area contributed by atoms with Gasteiger partial charge in [-0.05, 0) is 39.0 Å². The second-order valence-electron chi connectivity index (χ2n) is 4.49. The molecule has 1 amide bonds. The number of amides is 1.